The molecule has 0 aromatic heterocycles. The Labute approximate surface area is 218 Å². The number of carbonyl (C=O) groups is 3. The Balaban J connectivity index is 1.51. The molecule has 0 aromatic carbocycles. The minimum Gasteiger partial charge on any atom is -0.395 e. The lowest BCUT2D eigenvalue weighted by Crippen LogP contribution is -2.57. The topological polar surface area (TPSA) is 103 Å². The highest BCUT2D eigenvalue weighted by Gasteiger charge is 2.75. The van der Waals surface area contributed by atoms with Crippen LogP contribution in [0.4, 0.5) is 0 Å². The maximum atomic E-state index is 14.2. The molecular formula is C27H40N4O6. The van der Waals surface area contributed by atoms with Gasteiger partial charge in [-0.1, -0.05) is 38.2 Å². The van der Waals surface area contributed by atoms with Crippen LogP contribution in [0.3, 0.4) is 0 Å². The van der Waals surface area contributed by atoms with Crippen molar-refractivity contribution >= 4 is 17.7 Å². The first-order valence-electron chi connectivity index (χ1n) is 13.8. The summed E-state index contributed by atoms with van der Waals surface area (Å²) in [7, 11) is 0. The average Bonchev–Trinajstić information content (AvgIpc) is 3.19. The Morgan fingerprint density at radius 3 is 2.27 bits per heavy atom. The van der Waals surface area contributed by atoms with Gasteiger partial charge in [-0.25, -0.2) is 0 Å². The zero-order valence-electron chi connectivity index (χ0n) is 22.0. The molecule has 3 saturated heterocycles. The lowest BCUT2D eigenvalue weighted by Gasteiger charge is -2.38. The number of ether oxygens (including phenoxy) is 2. The number of morpholine rings is 1. The highest BCUT2D eigenvalue weighted by atomic mass is 16.5. The maximum absolute atomic E-state index is 14.2. The second-order valence-electron chi connectivity index (χ2n) is 10.7. The van der Waals surface area contributed by atoms with E-state index in [1.54, 1.807) is 9.80 Å². The van der Waals surface area contributed by atoms with Gasteiger partial charge in [-0.3, -0.25) is 19.3 Å². The van der Waals surface area contributed by atoms with Crippen molar-refractivity contribution in [3.05, 3.63) is 24.3 Å². The van der Waals surface area contributed by atoms with E-state index in [1.165, 1.54) is 4.90 Å². The number of carbonyl (C=O) groups excluding carboxylic acids is 3. The fourth-order valence-electron chi connectivity index (χ4n) is 6.96. The number of aliphatic hydroxyl groups excluding tert-OH is 1. The molecule has 10 nitrogen and oxygen atoms in total. The summed E-state index contributed by atoms with van der Waals surface area (Å²) in [5, 5.41) is 9.85. The van der Waals surface area contributed by atoms with Crippen LogP contribution in [0.25, 0.3) is 0 Å². The predicted molar refractivity (Wildman–Crippen MR) is 135 cm³/mol. The van der Waals surface area contributed by atoms with Gasteiger partial charge in [0.1, 0.15) is 11.6 Å². The van der Waals surface area contributed by atoms with Gasteiger partial charge >= 0.3 is 0 Å². The molecule has 37 heavy (non-hydrogen) atoms. The molecule has 1 unspecified atom stereocenters. The number of rotatable bonds is 8. The van der Waals surface area contributed by atoms with Crippen molar-refractivity contribution in [3.63, 3.8) is 0 Å². The molecule has 0 bridgehead atoms. The summed E-state index contributed by atoms with van der Waals surface area (Å²) >= 11 is 0. The Bertz CT molecular complexity index is 965. The first kappa shape index (κ1) is 26.3. The zero-order chi connectivity index (χ0) is 26.2. The first-order valence-corrected chi connectivity index (χ1v) is 13.8. The van der Waals surface area contributed by atoms with Gasteiger partial charge in [-0.15, -0.1) is 0 Å². The van der Waals surface area contributed by atoms with Crippen LogP contribution in [0.5, 0.6) is 0 Å². The van der Waals surface area contributed by atoms with E-state index in [0.29, 0.717) is 45.8 Å². The van der Waals surface area contributed by atoms with Crippen molar-refractivity contribution in [2.75, 3.05) is 72.2 Å². The number of aliphatic hydroxyl groups is 1. The molecule has 10 heteroatoms. The molecule has 1 N–H and O–H groups in total. The predicted octanol–water partition coefficient (Wildman–Crippen LogP) is -0.121. The molecule has 0 aromatic rings. The van der Waals surface area contributed by atoms with E-state index in [-0.39, 0.29) is 30.9 Å². The number of hydrogen-bond acceptors (Lipinski definition) is 7. The van der Waals surface area contributed by atoms with Gasteiger partial charge in [0.05, 0.1) is 37.3 Å². The minimum absolute atomic E-state index is 0.0243. The highest BCUT2D eigenvalue weighted by Crippen LogP contribution is 2.58. The van der Waals surface area contributed by atoms with Gasteiger partial charge in [0.25, 0.3) is 0 Å². The van der Waals surface area contributed by atoms with E-state index >= 15 is 0 Å². The Morgan fingerprint density at radius 2 is 1.59 bits per heavy atom. The van der Waals surface area contributed by atoms with Gasteiger partial charge in [0.2, 0.25) is 17.7 Å². The number of nitrogens with zero attached hydrogens (tertiary/aromatic N) is 4. The van der Waals surface area contributed by atoms with Crippen molar-refractivity contribution in [1.29, 1.82) is 0 Å². The molecule has 5 aliphatic heterocycles. The molecule has 0 radical (unpaired) electrons. The Morgan fingerprint density at radius 1 is 0.892 bits per heavy atom. The molecule has 5 aliphatic rings. The summed E-state index contributed by atoms with van der Waals surface area (Å²) in [5.74, 6) is -2.11. The second-order valence-corrected chi connectivity index (χ2v) is 10.7. The molecule has 204 valence electrons. The molecule has 5 rings (SSSR count). The zero-order valence-corrected chi connectivity index (χ0v) is 22.0. The Kier molecular flexibility index (Phi) is 7.46. The summed E-state index contributed by atoms with van der Waals surface area (Å²) in [6.45, 7) is 9.51. The van der Waals surface area contributed by atoms with Crippen LogP contribution >= 0.6 is 0 Å². The monoisotopic (exact) mass is 516 g/mol. The van der Waals surface area contributed by atoms with Crippen LogP contribution in [0, 0.1) is 11.8 Å². The fourth-order valence-corrected chi connectivity index (χ4v) is 6.96. The van der Waals surface area contributed by atoms with Crippen molar-refractivity contribution in [1.82, 2.24) is 19.6 Å². The van der Waals surface area contributed by atoms with E-state index < -0.39 is 29.1 Å². The van der Waals surface area contributed by atoms with E-state index in [2.05, 4.69) is 4.90 Å². The molecule has 1 spiro atoms. The van der Waals surface area contributed by atoms with Gasteiger partial charge in [0.15, 0.2) is 0 Å². The normalized spacial score (nSPS) is 36.0. The molecule has 0 aliphatic carbocycles. The van der Waals surface area contributed by atoms with Crippen molar-refractivity contribution in [2.45, 2.75) is 43.9 Å². The van der Waals surface area contributed by atoms with Crippen molar-refractivity contribution < 1.29 is 29.0 Å². The van der Waals surface area contributed by atoms with Crippen LogP contribution in [-0.4, -0.2) is 132 Å². The van der Waals surface area contributed by atoms with E-state index in [1.807, 2.05) is 38.2 Å². The third-order valence-corrected chi connectivity index (χ3v) is 8.73. The summed E-state index contributed by atoms with van der Waals surface area (Å²) in [5.41, 5.74) is -2.22. The molecule has 0 saturated carbocycles. The third-order valence-electron chi connectivity index (χ3n) is 8.73. The maximum Gasteiger partial charge on any atom is 0.249 e. The molecule has 3 fully saturated rings. The molecular weight excluding hydrogens is 476 g/mol. The summed E-state index contributed by atoms with van der Waals surface area (Å²) in [6, 6.07) is -0.920. The summed E-state index contributed by atoms with van der Waals surface area (Å²) in [6.07, 6.45) is 9.05. The van der Waals surface area contributed by atoms with Crippen LogP contribution in [0.2, 0.25) is 0 Å². The smallest absolute Gasteiger partial charge is 0.249 e. The first-order chi connectivity index (χ1) is 17.9. The van der Waals surface area contributed by atoms with Crippen LogP contribution in [0.15, 0.2) is 24.3 Å². The largest absolute Gasteiger partial charge is 0.395 e. The Hall–Kier alpha value is -2.27. The second kappa shape index (κ2) is 10.5. The lowest BCUT2D eigenvalue weighted by molar-refractivity contribution is -0.154. The van der Waals surface area contributed by atoms with Gasteiger partial charge in [-0.2, -0.15) is 0 Å². The number of likely N-dealkylation sites (tertiary alicyclic amines) is 1. The van der Waals surface area contributed by atoms with E-state index in [4.69, 9.17) is 9.47 Å². The SMILES string of the molecule is CCCN1CC=C[C@]2(CC)O[C@]34C=CCN(CCN5CCOCC5)C(=O)C3N(CCO)C(=O)[C@@H]4[C@@H]2C1=O. The summed E-state index contributed by atoms with van der Waals surface area (Å²) < 4.78 is 12.3. The van der Waals surface area contributed by atoms with Crippen molar-refractivity contribution in [2.24, 2.45) is 11.8 Å². The fraction of sp³-hybridized carbons (Fsp3) is 0.741. The van der Waals surface area contributed by atoms with Crippen LogP contribution in [0.1, 0.15) is 26.7 Å². The van der Waals surface area contributed by atoms with Crippen LogP contribution in [-0.2, 0) is 23.9 Å². The quantitative estimate of drug-likeness (QED) is 0.449. The van der Waals surface area contributed by atoms with Gasteiger partial charge in [0, 0.05) is 52.4 Å². The number of fused-ring (bicyclic) bond motifs is 2. The standard InChI is InChI=1S/C27H40N4O6/c1-3-9-29-10-5-7-26(4-2)20(23(29)33)21-24(34)31(14-17-32)22-25(35)30(11-6-8-27(21,22)37-26)13-12-28-15-18-36-19-16-28/h5-8,20-22,32H,3-4,9-19H2,1-2H3/t20-,21+,22?,26+,27+/m1/s1. The third kappa shape index (κ3) is 4.22. The van der Waals surface area contributed by atoms with E-state index in [0.717, 1.165) is 26.1 Å². The number of amides is 3. The molecule has 3 amide bonds. The van der Waals surface area contributed by atoms with Crippen LogP contribution < -0.4 is 0 Å². The average molecular weight is 517 g/mol. The van der Waals surface area contributed by atoms with Crippen molar-refractivity contribution in [3.8, 4) is 0 Å². The van der Waals surface area contributed by atoms with Gasteiger partial charge < -0.3 is 29.3 Å². The van der Waals surface area contributed by atoms with E-state index in [9.17, 15) is 19.5 Å². The lowest BCUT2D eigenvalue weighted by atomic mass is 9.73. The number of hydrogen-bond donors (Lipinski definition) is 1. The van der Waals surface area contributed by atoms with Gasteiger partial charge in [-0.05, 0) is 12.8 Å². The summed E-state index contributed by atoms with van der Waals surface area (Å²) in [4.78, 5) is 49.5. The minimum atomic E-state index is -1.26. The number of β-amino-alcohol motifs (C(OH)–C–C–N with tert-alkyl or cyclic N) is 1. The molecule has 5 heterocycles. The highest BCUT2D eigenvalue weighted by molar-refractivity contribution is 6.00. The molecule has 5 atom stereocenters.